The molecule has 0 saturated heterocycles. The molecule has 0 aromatic rings. The molecule has 0 aliphatic rings. The van der Waals surface area contributed by atoms with Crippen molar-refractivity contribution in [1.29, 1.82) is 0 Å². The number of alkyl carbamates (subject to hydrolysis) is 1. The number of amides is 1. The zero-order chi connectivity index (χ0) is 23.4. The van der Waals surface area contributed by atoms with Crippen LogP contribution in [0.15, 0.2) is 24.3 Å². The zero-order valence-corrected chi connectivity index (χ0v) is 17.9. The van der Waals surface area contributed by atoms with Gasteiger partial charge in [0.05, 0.1) is 46.2 Å². The van der Waals surface area contributed by atoms with E-state index < -0.39 is 31.2 Å². The third kappa shape index (κ3) is 22.3. The molecule has 11 heteroatoms. The Kier molecular flexibility index (Phi) is 20.4. The number of ether oxygens (including phenoxy) is 5. The molecule has 0 bridgehead atoms. The third-order valence-electron chi connectivity index (χ3n) is 2.79. The fourth-order valence-corrected chi connectivity index (χ4v) is 1.38. The van der Waals surface area contributed by atoms with Gasteiger partial charge in [0.2, 0.25) is 6.29 Å². The van der Waals surface area contributed by atoms with E-state index in [1.54, 1.807) is 6.92 Å². The van der Waals surface area contributed by atoms with Crippen molar-refractivity contribution in [1.82, 2.24) is 5.32 Å². The highest BCUT2D eigenvalue weighted by molar-refractivity contribution is 5.84. The second-order valence-corrected chi connectivity index (χ2v) is 5.98. The maximum atomic E-state index is 11.6. The monoisotopic (exact) mass is 437 g/mol. The van der Waals surface area contributed by atoms with Crippen LogP contribution in [0.1, 0.15) is 20.8 Å². The van der Waals surface area contributed by atoms with Crippen molar-refractivity contribution in [3.63, 3.8) is 0 Å². The molecular formula is C19H35NO10. The summed E-state index contributed by atoms with van der Waals surface area (Å²) in [6.45, 7) is 12.9. The van der Waals surface area contributed by atoms with Crippen molar-refractivity contribution in [3.8, 4) is 0 Å². The second-order valence-electron chi connectivity index (χ2n) is 5.98. The van der Waals surface area contributed by atoms with Crippen molar-refractivity contribution >= 4 is 12.1 Å². The topological polar surface area (TPSA) is 153 Å². The van der Waals surface area contributed by atoms with Crippen LogP contribution in [0.3, 0.4) is 0 Å². The number of aliphatic hydroxyl groups excluding tert-OH is 2. The number of carbonyl (C=O) groups excluding carboxylic acids is 1. The molecule has 0 aliphatic carbocycles. The minimum absolute atomic E-state index is 0.0302. The number of carboxylic acids is 1. The predicted molar refractivity (Wildman–Crippen MR) is 108 cm³/mol. The highest BCUT2D eigenvalue weighted by atomic mass is 16.7. The lowest BCUT2D eigenvalue weighted by atomic mass is 10.4. The lowest BCUT2D eigenvalue weighted by Gasteiger charge is -2.19. The molecular weight excluding hydrogens is 402 g/mol. The highest BCUT2D eigenvalue weighted by Crippen LogP contribution is 1.98. The largest absolute Gasteiger partial charge is 0.478 e. The van der Waals surface area contributed by atoms with Crippen LogP contribution in [-0.2, 0) is 28.5 Å². The minimum Gasteiger partial charge on any atom is -0.478 e. The quantitative estimate of drug-likeness (QED) is 0.117. The Labute approximate surface area is 177 Å². The molecule has 0 rings (SSSR count). The molecule has 0 aromatic carbocycles. The van der Waals surface area contributed by atoms with Gasteiger partial charge >= 0.3 is 12.1 Å². The van der Waals surface area contributed by atoms with E-state index in [0.717, 1.165) is 5.57 Å². The summed E-state index contributed by atoms with van der Waals surface area (Å²) in [7, 11) is 0. The first-order valence-electron chi connectivity index (χ1n) is 9.24. The Bertz CT molecular complexity index is 486. The summed E-state index contributed by atoms with van der Waals surface area (Å²) in [5.74, 6) is -0.935. The predicted octanol–water partition coefficient (Wildman–Crippen LogP) is 0.659. The van der Waals surface area contributed by atoms with Gasteiger partial charge in [-0.05, 0) is 20.8 Å². The van der Waals surface area contributed by atoms with Gasteiger partial charge < -0.3 is 39.0 Å². The normalized spacial score (nSPS) is 12.2. The molecule has 0 aliphatic heterocycles. The first kappa shape index (κ1) is 30.2. The second kappa shape index (κ2) is 20.3. The number of aliphatic carboxylic acids is 1. The molecule has 30 heavy (non-hydrogen) atoms. The van der Waals surface area contributed by atoms with Crippen LogP contribution in [-0.4, -0.2) is 92.8 Å². The van der Waals surface area contributed by atoms with Crippen molar-refractivity contribution in [2.24, 2.45) is 0 Å². The van der Waals surface area contributed by atoms with E-state index >= 15 is 0 Å². The molecule has 0 saturated carbocycles. The molecule has 176 valence electrons. The first-order chi connectivity index (χ1) is 14.1. The van der Waals surface area contributed by atoms with Gasteiger partial charge in [-0.15, -0.1) is 0 Å². The molecule has 1 amide bonds. The summed E-state index contributed by atoms with van der Waals surface area (Å²) in [5, 5.41) is 28.0. The molecule has 0 spiro atoms. The Hall–Kier alpha value is -2.02. The average molecular weight is 437 g/mol. The molecule has 2 unspecified atom stereocenters. The maximum Gasteiger partial charge on any atom is 0.411 e. The van der Waals surface area contributed by atoms with E-state index in [4.69, 9.17) is 39.0 Å². The Morgan fingerprint density at radius 2 is 1.50 bits per heavy atom. The Morgan fingerprint density at radius 1 is 0.967 bits per heavy atom. The minimum atomic E-state index is -1.09. The fraction of sp³-hybridized carbons (Fsp3) is 0.684. The smallest absolute Gasteiger partial charge is 0.411 e. The van der Waals surface area contributed by atoms with Crippen LogP contribution in [0.2, 0.25) is 0 Å². The standard InChI is InChI=1S/C15H29NO8.C4H6O2/c1-12(2)11-23-13(3)16-15(19)24-14(10-18)22-9-8-21-7-6-20-5-4-17;1-3(2)4(5)6/h13-14,17-18H,1,4-11H2,2-3H3,(H,16,19);1H2,2H3,(H,5,6). The average Bonchev–Trinajstić information content (AvgIpc) is 2.67. The van der Waals surface area contributed by atoms with Crippen molar-refractivity contribution in [2.75, 3.05) is 52.9 Å². The number of nitrogens with one attached hydrogen (secondary N) is 1. The molecule has 4 N–H and O–H groups in total. The molecule has 2 atom stereocenters. The summed E-state index contributed by atoms with van der Waals surface area (Å²) >= 11 is 0. The van der Waals surface area contributed by atoms with E-state index in [1.807, 2.05) is 6.92 Å². The number of carbonyl (C=O) groups is 2. The summed E-state index contributed by atoms with van der Waals surface area (Å²) in [6.07, 6.45) is -2.41. The number of carboxylic acid groups (broad SMARTS) is 1. The first-order valence-corrected chi connectivity index (χ1v) is 9.24. The van der Waals surface area contributed by atoms with Crippen molar-refractivity contribution < 1.29 is 48.6 Å². The number of rotatable bonds is 16. The molecule has 0 fully saturated rings. The molecule has 0 heterocycles. The van der Waals surface area contributed by atoms with E-state index in [2.05, 4.69) is 18.5 Å². The van der Waals surface area contributed by atoms with E-state index in [9.17, 15) is 9.59 Å². The molecule has 0 radical (unpaired) electrons. The van der Waals surface area contributed by atoms with Gasteiger partial charge in [-0.3, -0.25) is 5.32 Å². The lowest BCUT2D eigenvalue weighted by Crippen LogP contribution is -2.39. The van der Waals surface area contributed by atoms with Gasteiger partial charge in [0, 0.05) is 5.57 Å². The van der Waals surface area contributed by atoms with E-state index in [0.29, 0.717) is 19.8 Å². The Morgan fingerprint density at radius 3 is 1.97 bits per heavy atom. The van der Waals surface area contributed by atoms with Crippen LogP contribution in [0.5, 0.6) is 0 Å². The highest BCUT2D eigenvalue weighted by Gasteiger charge is 2.15. The molecule has 11 nitrogen and oxygen atoms in total. The van der Waals surface area contributed by atoms with Gasteiger partial charge in [0.1, 0.15) is 12.8 Å². The summed E-state index contributed by atoms with van der Waals surface area (Å²) in [4.78, 5) is 21.2. The fourth-order valence-electron chi connectivity index (χ4n) is 1.38. The summed E-state index contributed by atoms with van der Waals surface area (Å²) in [6, 6.07) is 0. The van der Waals surface area contributed by atoms with E-state index in [1.165, 1.54) is 6.92 Å². The van der Waals surface area contributed by atoms with Crippen LogP contribution in [0.25, 0.3) is 0 Å². The summed E-state index contributed by atoms with van der Waals surface area (Å²) < 4.78 is 25.6. The van der Waals surface area contributed by atoms with E-state index in [-0.39, 0.29) is 32.0 Å². The van der Waals surface area contributed by atoms with Crippen LogP contribution < -0.4 is 5.32 Å². The Balaban J connectivity index is 0. The lowest BCUT2D eigenvalue weighted by molar-refractivity contribution is -0.139. The van der Waals surface area contributed by atoms with Gasteiger partial charge in [-0.1, -0.05) is 18.7 Å². The van der Waals surface area contributed by atoms with Crippen molar-refractivity contribution in [2.45, 2.75) is 33.3 Å². The van der Waals surface area contributed by atoms with Gasteiger partial charge in [-0.2, -0.15) is 0 Å². The number of hydrogen-bond donors (Lipinski definition) is 4. The number of aliphatic hydroxyl groups is 2. The van der Waals surface area contributed by atoms with Gasteiger partial charge in [-0.25, -0.2) is 9.59 Å². The zero-order valence-electron chi connectivity index (χ0n) is 17.9. The van der Waals surface area contributed by atoms with Gasteiger partial charge in [0.25, 0.3) is 0 Å². The maximum absolute atomic E-state index is 11.6. The number of hydrogen-bond acceptors (Lipinski definition) is 9. The van der Waals surface area contributed by atoms with Crippen LogP contribution in [0.4, 0.5) is 4.79 Å². The van der Waals surface area contributed by atoms with Crippen molar-refractivity contribution in [3.05, 3.63) is 24.3 Å². The SMILES string of the molecule is C=C(C)C(=O)O.C=C(C)COC(C)NC(=O)OC(CO)OCCOCCOCCO. The van der Waals surface area contributed by atoms with Gasteiger partial charge in [0.15, 0.2) is 0 Å². The van der Waals surface area contributed by atoms with Crippen LogP contribution >= 0.6 is 0 Å². The third-order valence-corrected chi connectivity index (χ3v) is 2.79. The van der Waals surface area contributed by atoms with Crippen LogP contribution in [0, 0.1) is 0 Å². The summed E-state index contributed by atoms with van der Waals surface area (Å²) in [5.41, 5.74) is 1.00. The molecule has 0 aromatic heterocycles.